The summed E-state index contributed by atoms with van der Waals surface area (Å²) in [6, 6.07) is 4.03. The van der Waals surface area contributed by atoms with Gasteiger partial charge in [0.2, 0.25) is 0 Å². The highest BCUT2D eigenvalue weighted by Gasteiger charge is 2.29. The Balaban J connectivity index is 1.82. The number of amides is 1. The lowest BCUT2D eigenvalue weighted by molar-refractivity contribution is 0.0789. The third-order valence-electron chi connectivity index (χ3n) is 5.67. The molecule has 1 fully saturated rings. The van der Waals surface area contributed by atoms with Crippen LogP contribution in [0.1, 0.15) is 48.2 Å². The van der Waals surface area contributed by atoms with E-state index in [0.717, 1.165) is 59.9 Å². The Hall–Kier alpha value is -2.67. The van der Waals surface area contributed by atoms with E-state index in [0.29, 0.717) is 11.5 Å². The molecule has 0 saturated carbocycles. The van der Waals surface area contributed by atoms with Crippen LogP contribution in [-0.2, 0) is 0 Å². The van der Waals surface area contributed by atoms with E-state index in [-0.39, 0.29) is 11.9 Å². The van der Waals surface area contributed by atoms with Gasteiger partial charge < -0.3 is 14.6 Å². The third-order valence-corrected chi connectivity index (χ3v) is 5.67. The summed E-state index contributed by atoms with van der Waals surface area (Å²) >= 11 is 0. The second kappa shape index (κ2) is 7.63. The van der Waals surface area contributed by atoms with Gasteiger partial charge in [-0.2, -0.15) is 5.10 Å². The second-order valence-electron chi connectivity index (χ2n) is 8.27. The van der Waals surface area contributed by atoms with Gasteiger partial charge in [-0.05, 0) is 65.8 Å². The van der Waals surface area contributed by atoms with E-state index >= 15 is 0 Å². The average molecular weight is 396 g/mol. The third kappa shape index (κ3) is 3.55. The van der Waals surface area contributed by atoms with E-state index in [9.17, 15) is 4.79 Å². The zero-order valence-electron chi connectivity index (χ0n) is 17.8. The predicted molar refractivity (Wildman–Crippen MR) is 113 cm³/mol. The molecular weight excluding hydrogens is 366 g/mol. The van der Waals surface area contributed by atoms with Gasteiger partial charge in [-0.3, -0.25) is 4.79 Å². The maximum atomic E-state index is 13.5. The van der Waals surface area contributed by atoms with Gasteiger partial charge in [0, 0.05) is 24.7 Å². The minimum Gasteiger partial charge on any atom is -0.466 e. The number of aryl methyl sites for hydroxylation is 2. The van der Waals surface area contributed by atoms with Gasteiger partial charge in [0.1, 0.15) is 11.5 Å². The summed E-state index contributed by atoms with van der Waals surface area (Å²) in [6.07, 6.45) is 2.80. The molecule has 4 rings (SSSR count). The monoisotopic (exact) mass is 395 g/mol. The molecule has 1 saturated heterocycles. The Kier molecular flexibility index (Phi) is 5.17. The molecule has 4 heterocycles. The van der Waals surface area contributed by atoms with Crippen molar-refractivity contribution in [3.05, 3.63) is 35.4 Å². The molecule has 7 heteroatoms. The van der Waals surface area contributed by atoms with Crippen LogP contribution in [-0.4, -0.2) is 52.3 Å². The first kappa shape index (κ1) is 19.6. The number of hydrogen-bond acceptors (Lipinski definition) is 5. The number of likely N-dealkylation sites (tertiary alicyclic amines) is 1. The normalized spacial score (nSPS) is 17.0. The molecule has 7 nitrogen and oxygen atoms in total. The summed E-state index contributed by atoms with van der Waals surface area (Å²) in [6.45, 7) is 10.5. The lowest BCUT2D eigenvalue weighted by Gasteiger charge is -2.18. The standard InChI is InChI=1S/C22H29N5O2/c1-13(2)27-21-19(11-24-27)18(22(28)26-7-6-16(12-26)10-23-5)9-20(25-21)17-8-14(3)29-15(17)4/h8-9,11,13,16,23H,6-7,10,12H2,1-5H3. The average Bonchev–Trinajstić information content (AvgIpc) is 3.38. The van der Waals surface area contributed by atoms with E-state index in [2.05, 4.69) is 24.3 Å². The van der Waals surface area contributed by atoms with Crippen LogP contribution in [0, 0.1) is 19.8 Å². The van der Waals surface area contributed by atoms with Crippen molar-refractivity contribution in [3.63, 3.8) is 0 Å². The first-order chi connectivity index (χ1) is 13.9. The minimum atomic E-state index is 0.0541. The summed E-state index contributed by atoms with van der Waals surface area (Å²) in [4.78, 5) is 20.3. The highest BCUT2D eigenvalue weighted by molar-refractivity contribution is 6.06. The van der Waals surface area contributed by atoms with Crippen molar-refractivity contribution in [1.82, 2.24) is 25.0 Å². The number of carbonyl (C=O) groups excluding carboxylic acids is 1. The second-order valence-corrected chi connectivity index (χ2v) is 8.27. The van der Waals surface area contributed by atoms with Crippen LogP contribution >= 0.6 is 0 Å². The molecule has 0 aromatic carbocycles. The van der Waals surface area contributed by atoms with Crippen LogP contribution in [0.25, 0.3) is 22.3 Å². The Morgan fingerprint density at radius 1 is 1.34 bits per heavy atom. The fourth-order valence-corrected chi connectivity index (χ4v) is 4.24. The molecule has 3 aromatic rings. The number of carbonyl (C=O) groups is 1. The molecule has 1 atom stereocenters. The van der Waals surface area contributed by atoms with E-state index < -0.39 is 0 Å². The fourth-order valence-electron chi connectivity index (χ4n) is 4.24. The molecule has 154 valence electrons. The molecule has 1 aliphatic rings. The Morgan fingerprint density at radius 2 is 2.14 bits per heavy atom. The molecular formula is C22H29N5O2. The maximum absolute atomic E-state index is 13.5. The number of pyridine rings is 1. The minimum absolute atomic E-state index is 0.0541. The van der Waals surface area contributed by atoms with Crippen LogP contribution < -0.4 is 5.32 Å². The first-order valence-corrected chi connectivity index (χ1v) is 10.3. The fraction of sp³-hybridized carbons (Fsp3) is 0.500. The van der Waals surface area contributed by atoms with E-state index in [1.54, 1.807) is 6.20 Å². The number of nitrogens with one attached hydrogen (secondary N) is 1. The summed E-state index contributed by atoms with van der Waals surface area (Å²) in [5, 5.41) is 8.55. The van der Waals surface area contributed by atoms with Crippen LogP contribution in [0.5, 0.6) is 0 Å². The summed E-state index contributed by atoms with van der Waals surface area (Å²) in [7, 11) is 1.96. The van der Waals surface area contributed by atoms with Gasteiger partial charge in [-0.25, -0.2) is 9.67 Å². The lowest BCUT2D eigenvalue weighted by Crippen LogP contribution is -2.30. The topological polar surface area (TPSA) is 76.2 Å². The lowest BCUT2D eigenvalue weighted by atomic mass is 10.1. The van der Waals surface area contributed by atoms with Gasteiger partial charge in [0.05, 0.1) is 22.8 Å². The van der Waals surface area contributed by atoms with Gasteiger partial charge >= 0.3 is 0 Å². The predicted octanol–water partition coefficient (Wildman–Crippen LogP) is 3.57. The highest BCUT2D eigenvalue weighted by atomic mass is 16.3. The number of nitrogens with zero attached hydrogens (tertiary/aromatic N) is 4. The molecule has 1 amide bonds. The van der Waals surface area contributed by atoms with Gasteiger partial charge in [-0.15, -0.1) is 0 Å². The van der Waals surface area contributed by atoms with Gasteiger partial charge in [0.15, 0.2) is 5.65 Å². The summed E-state index contributed by atoms with van der Waals surface area (Å²) in [5.41, 5.74) is 3.08. The van der Waals surface area contributed by atoms with Crippen molar-refractivity contribution in [2.45, 2.75) is 40.2 Å². The van der Waals surface area contributed by atoms with Crippen molar-refractivity contribution < 1.29 is 9.21 Å². The quantitative estimate of drug-likeness (QED) is 0.715. The van der Waals surface area contributed by atoms with E-state index in [1.165, 1.54) is 0 Å². The van der Waals surface area contributed by atoms with Crippen LogP contribution in [0.2, 0.25) is 0 Å². The van der Waals surface area contributed by atoms with Crippen LogP contribution in [0.4, 0.5) is 0 Å². The van der Waals surface area contributed by atoms with Gasteiger partial charge in [-0.1, -0.05) is 0 Å². The Morgan fingerprint density at radius 3 is 2.79 bits per heavy atom. The number of fused-ring (bicyclic) bond motifs is 1. The molecule has 1 unspecified atom stereocenters. The van der Waals surface area contributed by atoms with Crippen LogP contribution in [0.15, 0.2) is 22.7 Å². The smallest absolute Gasteiger partial charge is 0.254 e. The molecule has 1 aliphatic heterocycles. The van der Waals surface area contributed by atoms with E-state index in [1.807, 2.05) is 42.6 Å². The molecule has 3 aromatic heterocycles. The van der Waals surface area contributed by atoms with Crippen molar-refractivity contribution in [3.8, 4) is 11.3 Å². The highest BCUT2D eigenvalue weighted by Crippen LogP contribution is 2.31. The number of furan rings is 1. The zero-order valence-corrected chi connectivity index (χ0v) is 17.8. The zero-order chi connectivity index (χ0) is 20.7. The van der Waals surface area contributed by atoms with Gasteiger partial charge in [0.25, 0.3) is 5.91 Å². The summed E-state index contributed by atoms with van der Waals surface area (Å²) < 4.78 is 7.60. The molecule has 0 radical (unpaired) electrons. The van der Waals surface area contributed by atoms with E-state index in [4.69, 9.17) is 9.40 Å². The molecule has 0 aliphatic carbocycles. The molecule has 1 N–H and O–H groups in total. The van der Waals surface area contributed by atoms with Crippen molar-refractivity contribution >= 4 is 16.9 Å². The molecule has 0 spiro atoms. The largest absolute Gasteiger partial charge is 0.466 e. The molecule has 0 bridgehead atoms. The number of aromatic nitrogens is 3. The molecule has 29 heavy (non-hydrogen) atoms. The number of hydrogen-bond donors (Lipinski definition) is 1. The maximum Gasteiger partial charge on any atom is 0.254 e. The Labute approximate surface area is 171 Å². The Bertz CT molecular complexity index is 1050. The number of rotatable bonds is 5. The van der Waals surface area contributed by atoms with Crippen molar-refractivity contribution in [2.24, 2.45) is 5.92 Å². The first-order valence-electron chi connectivity index (χ1n) is 10.3. The van der Waals surface area contributed by atoms with Crippen molar-refractivity contribution in [1.29, 1.82) is 0 Å². The van der Waals surface area contributed by atoms with Crippen molar-refractivity contribution in [2.75, 3.05) is 26.7 Å². The SMILES string of the molecule is CNCC1CCN(C(=O)c2cc(-c3cc(C)oc3C)nc3c2cnn3C(C)C)C1. The summed E-state index contributed by atoms with van der Waals surface area (Å²) in [5.74, 6) is 2.19. The van der Waals surface area contributed by atoms with Crippen LogP contribution in [0.3, 0.4) is 0 Å².